The van der Waals surface area contributed by atoms with Crippen molar-refractivity contribution in [2.75, 3.05) is 54.4 Å². The van der Waals surface area contributed by atoms with Crippen LogP contribution in [0.1, 0.15) is 227 Å². The van der Waals surface area contributed by atoms with Crippen LogP contribution in [0.5, 0.6) is 34.5 Å². The minimum atomic E-state index is -0.415. The van der Waals surface area contributed by atoms with Gasteiger partial charge in [-0.1, -0.05) is 170 Å². The molecular weight excluding hydrogens is 1710 g/mol. The molecule has 0 fully saturated rings. The standard InChI is InChI=1S/C18H25N3O2.C17H22FN3O.C17H23N3O.C15H19N3O.C14H17N3O.C12H17N5.C11H15N5/c1-11(2)23-14-8-7-12(9-15(14)22-6)13-10-20-17(19)16(21-13)18(3,4)5;1-10(2)22-14-7-6-11(8-12(14)18)13-9-20-16(19)15(21-13)17(3,4)5;1-11(2)21-13-8-6-12(7-9-13)14-10-19-16(18)15(20-14)17(3,4)5;1-15(2,3)13-14(16)17-9-12(18-13)10-6-5-7-11(8-10)19-4;1-14(2,3)12-13(15)16-8-11(17-12)9-5-4-6-10(18)7-9;1-12(2,3)10-11(13)14-6-9(16-10)8-5-15-17(4)7-8;1-11(2,3)9-10(12)13-6-8(16-9)7-4-14-15-5-7/h7-11H,1-6H3,(H2,19,20);6-10H,1-5H3,(H2,19,20);6-11H,1-5H3,(H2,18,19);5-9H,1-4H3,(H2,16,17);4-8,18H,1-3H3,(H2,15,16);5-7H,1-4H3,(H2,13,14);4-6H,1-3H3,(H2,12,13)(H,14,15). The maximum Gasteiger partial charge on any atom is 0.165 e. The van der Waals surface area contributed by atoms with Crippen LogP contribution >= 0.6 is 0 Å². The van der Waals surface area contributed by atoms with Gasteiger partial charge in [-0.15, -0.1) is 0 Å². The van der Waals surface area contributed by atoms with Crippen LogP contribution in [0.4, 0.5) is 45.1 Å². The number of aryl methyl sites for hydroxylation is 1. The number of nitrogens with zero attached hydrogens (tertiary/aromatic N) is 17. The van der Waals surface area contributed by atoms with Crippen LogP contribution in [0.15, 0.2) is 177 Å². The maximum absolute atomic E-state index is 14.1. The third-order valence-corrected chi connectivity index (χ3v) is 19.8. The van der Waals surface area contributed by atoms with Crippen molar-refractivity contribution in [2.24, 2.45) is 7.05 Å². The van der Waals surface area contributed by atoms with Gasteiger partial charge in [0.25, 0.3) is 0 Å². The molecule has 722 valence electrons. The minimum absolute atomic E-state index is 0.0795. The van der Waals surface area contributed by atoms with Crippen LogP contribution in [0, 0.1) is 5.82 Å². The number of nitrogens with one attached hydrogen (secondary N) is 1. The number of hydrogen-bond acceptors (Lipinski definition) is 29. The highest BCUT2D eigenvalue weighted by Gasteiger charge is 2.29. The number of phenolic OH excluding ortho intramolecular Hbond substituents is 1. The SMILES string of the molecule is CC(C)(C)c1nc(-c2cccc(O)c2)cnc1N.CC(C)(C)c1nc(-c2cn[nH]c2)cnc1N.CC(C)Oc1ccc(-c2cnc(N)c(C(C)(C)C)n2)cc1.CC(C)Oc1ccc(-c2cnc(N)c(C(C)(C)C)n2)cc1F.COc1cc(-c2cnc(N)c(C(C)(C)C)n2)ccc1OC(C)C.COc1cccc(-c2cnc(N)c(C(C)(C)C)n2)c1.Cn1cc(-c2cnc(N)c(C(C)(C)C)n2)cn1. The van der Waals surface area contributed by atoms with E-state index in [2.05, 4.69) is 184 Å². The summed E-state index contributed by atoms with van der Waals surface area (Å²) in [5.74, 6) is 6.34. The lowest BCUT2D eigenvalue weighted by molar-refractivity contribution is 0.230. The molecule has 9 aromatic heterocycles. The normalized spacial score (nSPS) is 11.6. The molecule has 0 radical (unpaired) electrons. The molecule has 0 amide bonds. The highest BCUT2D eigenvalue weighted by molar-refractivity contribution is 5.68. The number of halogens is 1. The minimum Gasteiger partial charge on any atom is -0.508 e. The molecule has 0 bridgehead atoms. The van der Waals surface area contributed by atoms with Gasteiger partial charge in [-0.05, 0) is 126 Å². The lowest BCUT2D eigenvalue weighted by Crippen LogP contribution is -2.17. The summed E-state index contributed by atoms with van der Waals surface area (Å²) in [5, 5.41) is 20.3. The molecule has 0 aliphatic carbocycles. The second-order valence-corrected chi connectivity index (χ2v) is 40.4. The zero-order valence-corrected chi connectivity index (χ0v) is 84.5. The molecule has 0 spiro atoms. The number of rotatable bonds is 15. The first kappa shape index (κ1) is 107. The van der Waals surface area contributed by atoms with Crippen molar-refractivity contribution in [3.8, 4) is 113 Å². The van der Waals surface area contributed by atoms with Crippen molar-refractivity contribution >= 4 is 40.7 Å². The highest BCUT2D eigenvalue weighted by Crippen LogP contribution is 2.39. The van der Waals surface area contributed by atoms with Crippen LogP contribution in [0.3, 0.4) is 0 Å². The summed E-state index contributed by atoms with van der Waals surface area (Å²) in [6.45, 7) is 54.9. The van der Waals surface area contributed by atoms with Crippen LogP contribution in [-0.2, 0) is 45.0 Å². The lowest BCUT2D eigenvalue weighted by atomic mass is 9.91. The number of phenols is 1. The number of anilines is 7. The second-order valence-electron chi connectivity index (χ2n) is 40.4. The van der Waals surface area contributed by atoms with E-state index in [0.717, 1.165) is 108 Å². The van der Waals surface area contributed by atoms with Crippen LogP contribution in [-0.4, -0.2) is 127 Å². The van der Waals surface area contributed by atoms with Gasteiger partial charge in [0.2, 0.25) is 0 Å². The molecule has 31 nitrogen and oxygen atoms in total. The molecule has 16 N–H and O–H groups in total. The molecule has 0 unspecified atom stereocenters. The second kappa shape index (κ2) is 45.0. The van der Waals surface area contributed by atoms with Gasteiger partial charge < -0.3 is 68.9 Å². The zero-order valence-electron chi connectivity index (χ0n) is 84.5. The van der Waals surface area contributed by atoms with Crippen molar-refractivity contribution in [3.05, 3.63) is 223 Å². The highest BCUT2D eigenvalue weighted by atomic mass is 19.1. The molecule has 32 heteroatoms. The molecule has 9 heterocycles. The Morgan fingerprint density at radius 1 is 0.316 bits per heavy atom. The summed E-state index contributed by atoms with van der Waals surface area (Å²) in [6, 6.07) is 33.1. The van der Waals surface area contributed by atoms with E-state index in [0.29, 0.717) is 74.9 Å². The van der Waals surface area contributed by atoms with E-state index in [-0.39, 0.29) is 67.7 Å². The fraction of sp³-hybridized carbons (Fsp3) is 0.385. The van der Waals surface area contributed by atoms with Crippen molar-refractivity contribution in [1.29, 1.82) is 0 Å². The van der Waals surface area contributed by atoms with Gasteiger partial charge >= 0.3 is 0 Å². The van der Waals surface area contributed by atoms with Gasteiger partial charge in [0, 0.05) is 96.3 Å². The summed E-state index contributed by atoms with van der Waals surface area (Å²) < 4.78 is 43.3. The summed E-state index contributed by atoms with van der Waals surface area (Å²) >= 11 is 0. The van der Waals surface area contributed by atoms with Gasteiger partial charge in [0.1, 0.15) is 58.0 Å². The smallest absolute Gasteiger partial charge is 0.165 e. The lowest BCUT2D eigenvalue weighted by Gasteiger charge is -2.20. The predicted molar refractivity (Wildman–Crippen MR) is 545 cm³/mol. The molecule has 0 saturated heterocycles. The Kier molecular flexibility index (Phi) is 35.3. The number of benzene rings is 5. The van der Waals surface area contributed by atoms with Gasteiger partial charge in [-0.25, -0.2) is 74.2 Å². The number of aromatic amines is 1. The number of aromatic nitrogens is 18. The number of nitrogens with two attached hydrogens (primary N) is 7. The Hall–Kier alpha value is -14.6. The molecule has 0 aliphatic rings. The topological polar surface area (TPSA) is 475 Å². The predicted octanol–water partition coefficient (Wildman–Crippen LogP) is 20.8. The molecule has 5 aromatic carbocycles. The maximum atomic E-state index is 14.1. The van der Waals surface area contributed by atoms with Crippen LogP contribution < -0.4 is 63.8 Å². The number of hydrogen-bond donors (Lipinski definition) is 9. The summed E-state index contributed by atoms with van der Waals surface area (Å²) in [5.41, 5.74) is 57.2. The molecule has 136 heavy (non-hydrogen) atoms. The Bertz CT molecular complexity index is 6290. The molecular formula is C104H138FN25O6. The summed E-state index contributed by atoms with van der Waals surface area (Å²) in [7, 11) is 5.15. The zero-order chi connectivity index (χ0) is 101. The monoisotopic (exact) mass is 1850 g/mol. The van der Waals surface area contributed by atoms with E-state index < -0.39 is 5.82 Å². The molecule has 14 aromatic rings. The first-order valence-electron chi connectivity index (χ1n) is 44.7. The molecule has 0 atom stereocenters. The van der Waals surface area contributed by atoms with Crippen LogP contribution in [0.2, 0.25) is 0 Å². The fourth-order valence-electron chi connectivity index (χ4n) is 13.2. The Balaban J connectivity index is 0.000000195. The number of ether oxygens (including phenoxy) is 5. The van der Waals surface area contributed by atoms with Gasteiger partial charge in [-0.3, -0.25) is 9.78 Å². The van der Waals surface area contributed by atoms with Gasteiger partial charge in [0.15, 0.2) is 23.1 Å². The number of aromatic hydroxyl groups is 1. The van der Waals surface area contributed by atoms with Crippen molar-refractivity contribution < 1.29 is 33.2 Å². The number of nitrogen functional groups attached to an aromatic ring is 7. The van der Waals surface area contributed by atoms with E-state index in [4.69, 9.17) is 68.8 Å². The first-order valence-corrected chi connectivity index (χ1v) is 44.7. The molecule has 0 saturated carbocycles. The Labute approximate surface area is 800 Å². The largest absolute Gasteiger partial charge is 0.508 e. The third kappa shape index (κ3) is 30.5. The van der Waals surface area contributed by atoms with Gasteiger partial charge in [-0.2, -0.15) is 10.2 Å². The van der Waals surface area contributed by atoms with E-state index >= 15 is 0 Å². The fourth-order valence-corrected chi connectivity index (χ4v) is 13.2. The van der Waals surface area contributed by atoms with Crippen molar-refractivity contribution in [1.82, 2.24) is 89.8 Å². The molecule has 14 rings (SSSR count). The molecule has 0 aliphatic heterocycles. The Morgan fingerprint density at radius 2 is 0.625 bits per heavy atom. The van der Waals surface area contributed by atoms with Crippen LogP contribution in [0.25, 0.3) is 78.8 Å². The van der Waals surface area contributed by atoms with E-state index in [1.807, 2.05) is 169 Å². The van der Waals surface area contributed by atoms with Crippen molar-refractivity contribution in [3.63, 3.8) is 0 Å². The summed E-state index contributed by atoms with van der Waals surface area (Å²) in [4.78, 5) is 61.8. The van der Waals surface area contributed by atoms with Crippen molar-refractivity contribution in [2.45, 2.75) is 243 Å². The number of H-pyrrole nitrogens is 1. The quantitative estimate of drug-likeness (QED) is 0.0460. The Morgan fingerprint density at radius 3 is 0.934 bits per heavy atom. The van der Waals surface area contributed by atoms with E-state index in [1.54, 1.807) is 111 Å². The third-order valence-electron chi connectivity index (χ3n) is 19.8. The van der Waals surface area contributed by atoms with E-state index in [1.165, 1.54) is 6.07 Å². The summed E-state index contributed by atoms with van der Waals surface area (Å²) in [6.07, 6.45) is 19.0. The average molecular weight is 1850 g/mol. The van der Waals surface area contributed by atoms with E-state index in [9.17, 15) is 9.50 Å². The van der Waals surface area contributed by atoms with Gasteiger partial charge in [0.05, 0.1) is 168 Å². The average Bonchev–Trinajstić information content (AvgIpc) is 1.38. The first-order chi connectivity index (χ1) is 63.3. The number of methoxy groups -OCH3 is 2.